The van der Waals surface area contributed by atoms with Crippen LogP contribution in [0.1, 0.15) is 24.3 Å². The third-order valence-corrected chi connectivity index (χ3v) is 5.52. The zero-order valence-corrected chi connectivity index (χ0v) is 13.3. The van der Waals surface area contributed by atoms with Crippen LogP contribution in [0.4, 0.5) is 0 Å². The van der Waals surface area contributed by atoms with Gasteiger partial charge in [-0.1, -0.05) is 28.1 Å². The van der Waals surface area contributed by atoms with Crippen LogP contribution in [0, 0.1) is 5.92 Å². The summed E-state index contributed by atoms with van der Waals surface area (Å²) < 4.78 is 1.10. The van der Waals surface area contributed by atoms with Crippen molar-refractivity contribution < 1.29 is 4.79 Å². The molecule has 3 rings (SSSR count). The molecule has 0 aromatic heterocycles. The van der Waals surface area contributed by atoms with E-state index in [0.717, 1.165) is 36.2 Å². The van der Waals surface area contributed by atoms with E-state index in [-0.39, 0.29) is 5.92 Å². The number of carbonyl (C=O) groups excluding carboxylic acids is 1. The van der Waals surface area contributed by atoms with Gasteiger partial charge in [0.2, 0.25) is 5.91 Å². The van der Waals surface area contributed by atoms with Gasteiger partial charge >= 0.3 is 0 Å². The number of halogens is 1. The van der Waals surface area contributed by atoms with Gasteiger partial charge in [-0.25, -0.2) is 0 Å². The lowest BCUT2D eigenvalue weighted by atomic mass is 10.1. The maximum atomic E-state index is 12.5. The van der Waals surface area contributed by atoms with E-state index in [2.05, 4.69) is 45.1 Å². The predicted molar refractivity (Wildman–Crippen MR) is 83.5 cm³/mol. The van der Waals surface area contributed by atoms with Gasteiger partial charge in [0, 0.05) is 29.2 Å². The van der Waals surface area contributed by atoms with Gasteiger partial charge in [0.1, 0.15) is 0 Å². The molecule has 2 atom stereocenters. The van der Waals surface area contributed by atoms with Crippen molar-refractivity contribution in [3.05, 3.63) is 34.3 Å². The largest absolute Gasteiger partial charge is 0.342 e. The fourth-order valence-corrected chi connectivity index (χ4v) is 3.90. The molecule has 102 valence electrons. The minimum atomic E-state index is 0.240. The molecule has 0 N–H and O–H groups in total. The van der Waals surface area contributed by atoms with Crippen molar-refractivity contribution in [3.63, 3.8) is 0 Å². The molecule has 1 aliphatic heterocycles. The van der Waals surface area contributed by atoms with E-state index < -0.39 is 0 Å². The molecular formula is C15H18BrNOS. The summed E-state index contributed by atoms with van der Waals surface area (Å²) in [5, 5.41) is 0. The van der Waals surface area contributed by atoms with E-state index in [1.807, 2.05) is 11.8 Å². The normalized spacial score (nSPS) is 26.9. The molecule has 1 amide bonds. The average Bonchev–Trinajstić information content (AvgIpc) is 3.23. The minimum absolute atomic E-state index is 0.240. The second kappa shape index (κ2) is 5.88. The Bertz CT molecular complexity index is 454. The first kappa shape index (κ1) is 13.5. The second-order valence-corrected chi connectivity index (χ2v) is 7.43. The van der Waals surface area contributed by atoms with Gasteiger partial charge in [-0.05, 0) is 42.2 Å². The van der Waals surface area contributed by atoms with Gasteiger partial charge in [0.15, 0.2) is 0 Å². The van der Waals surface area contributed by atoms with Crippen molar-refractivity contribution in [2.24, 2.45) is 5.92 Å². The van der Waals surface area contributed by atoms with Crippen LogP contribution in [-0.2, 0) is 4.79 Å². The van der Waals surface area contributed by atoms with Crippen molar-refractivity contribution >= 4 is 33.6 Å². The number of thioether (sulfide) groups is 1. The summed E-state index contributed by atoms with van der Waals surface area (Å²) in [7, 11) is 0. The molecule has 1 heterocycles. The fourth-order valence-electron chi connectivity index (χ4n) is 2.75. The Balaban J connectivity index is 1.62. The van der Waals surface area contributed by atoms with E-state index in [1.54, 1.807) is 0 Å². The Labute approximate surface area is 127 Å². The van der Waals surface area contributed by atoms with Crippen molar-refractivity contribution in [1.29, 1.82) is 0 Å². The average molecular weight is 340 g/mol. The maximum Gasteiger partial charge on any atom is 0.226 e. The molecule has 1 aromatic carbocycles. The maximum absolute atomic E-state index is 12.5. The monoisotopic (exact) mass is 339 g/mol. The van der Waals surface area contributed by atoms with Crippen LogP contribution in [-0.4, -0.2) is 35.4 Å². The van der Waals surface area contributed by atoms with Crippen LogP contribution in [0.3, 0.4) is 0 Å². The summed E-state index contributed by atoms with van der Waals surface area (Å²) >= 11 is 5.42. The molecule has 2 aliphatic rings. The lowest BCUT2D eigenvalue weighted by molar-refractivity contribution is -0.132. The van der Waals surface area contributed by atoms with Gasteiger partial charge in [0.05, 0.1) is 0 Å². The Morgan fingerprint density at radius 1 is 1.21 bits per heavy atom. The SMILES string of the molecule is O=C([C@@H]1C[C@H]1c1ccc(Br)cc1)N1CCCSCC1. The Hall–Kier alpha value is -0.480. The molecular weight excluding hydrogens is 322 g/mol. The van der Waals surface area contributed by atoms with Crippen molar-refractivity contribution in [3.8, 4) is 0 Å². The van der Waals surface area contributed by atoms with Gasteiger partial charge < -0.3 is 4.90 Å². The molecule has 0 unspecified atom stereocenters. The third kappa shape index (κ3) is 3.16. The van der Waals surface area contributed by atoms with Crippen molar-refractivity contribution in [2.75, 3.05) is 24.6 Å². The van der Waals surface area contributed by atoms with Crippen LogP contribution in [0.2, 0.25) is 0 Å². The Morgan fingerprint density at radius 3 is 2.79 bits per heavy atom. The van der Waals surface area contributed by atoms with E-state index >= 15 is 0 Å². The van der Waals surface area contributed by atoms with Crippen molar-refractivity contribution in [1.82, 2.24) is 4.90 Å². The molecule has 2 fully saturated rings. The quantitative estimate of drug-likeness (QED) is 0.821. The highest BCUT2D eigenvalue weighted by molar-refractivity contribution is 9.10. The second-order valence-electron chi connectivity index (χ2n) is 5.29. The van der Waals surface area contributed by atoms with Gasteiger partial charge in [-0.15, -0.1) is 0 Å². The lowest BCUT2D eigenvalue weighted by Gasteiger charge is -2.20. The summed E-state index contributed by atoms with van der Waals surface area (Å²) in [6.07, 6.45) is 2.18. The van der Waals surface area contributed by atoms with Gasteiger partial charge in [-0.2, -0.15) is 11.8 Å². The number of carbonyl (C=O) groups is 1. The lowest BCUT2D eigenvalue weighted by Crippen LogP contribution is -2.34. The smallest absolute Gasteiger partial charge is 0.226 e. The highest BCUT2D eigenvalue weighted by Gasteiger charge is 2.45. The first-order valence-electron chi connectivity index (χ1n) is 6.88. The number of nitrogens with zero attached hydrogens (tertiary/aromatic N) is 1. The molecule has 0 radical (unpaired) electrons. The molecule has 4 heteroatoms. The molecule has 1 saturated heterocycles. The summed E-state index contributed by atoms with van der Waals surface area (Å²) in [6.45, 7) is 1.89. The van der Waals surface area contributed by atoms with Crippen molar-refractivity contribution in [2.45, 2.75) is 18.8 Å². The van der Waals surface area contributed by atoms with Gasteiger partial charge in [-0.3, -0.25) is 4.79 Å². The molecule has 1 aromatic rings. The van der Waals surface area contributed by atoms with Gasteiger partial charge in [0.25, 0.3) is 0 Å². The highest BCUT2D eigenvalue weighted by atomic mass is 79.9. The minimum Gasteiger partial charge on any atom is -0.342 e. The topological polar surface area (TPSA) is 20.3 Å². The van der Waals surface area contributed by atoms with E-state index in [0.29, 0.717) is 11.8 Å². The zero-order chi connectivity index (χ0) is 13.2. The molecule has 0 spiro atoms. The van der Waals surface area contributed by atoms with Crippen LogP contribution in [0.15, 0.2) is 28.7 Å². The van der Waals surface area contributed by atoms with Crippen LogP contribution < -0.4 is 0 Å². The summed E-state index contributed by atoms with van der Waals surface area (Å²) in [5.74, 6) is 3.38. The number of hydrogen-bond acceptors (Lipinski definition) is 2. The number of amides is 1. The summed E-state index contributed by atoms with van der Waals surface area (Å²) in [4.78, 5) is 14.6. The Morgan fingerprint density at radius 2 is 2.00 bits per heavy atom. The first-order chi connectivity index (χ1) is 9.25. The van der Waals surface area contributed by atoms with Crippen LogP contribution >= 0.6 is 27.7 Å². The van der Waals surface area contributed by atoms with Crippen LogP contribution in [0.25, 0.3) is 0 Å². The summed E-state index contributed by atoms with van der Waals surface area (Å²) in [6, 6.07) is 8.41. The molecule has 1 aliphatic carbocycles. The molecule has 2 nitrogen and oxygen atoms in total. The standard InChI is InChI=1S/C15H18BrNOS/c16-12-4-2-11(3-5-12)13-10-14(13)15(18)17-6-1-8-19-9-7-17/h2-5,13-14H,1,6-10H2/t13-,14+/m0/s1. The zero-order valence-electron chi connectivity index (χ0n) is 10.8. The summed E-state index contributed by atoms with van der Waals surface area (Å²) in [5.41, 5.74) is 1.31. The predicted octanol–water partition coefficient (Wildman–Crippen LogP) is 3.52. The number of rotatable bonds is 2. The molecule has 19 heavy (non-hydrogen) atoms. The van der Waals surface area contributed by atoms with E-state index in [9.17, 15) is 4.79 Å². The van der Waals surface area contributed by atoms with E-state index in [1.165, 1.54) is 11.3 Å². The first-order valence-corrected chi connectivity index (χ1v) is 8.82. The number of benzene rings is 1. The Kier molecular flexibility index (Phi) is 4.18. The third-order valence-electron chi connectivity index (χ3n) is 3.94. The highest BCUT2D eigenvalue weighted by Crippen LogP contribution is 2.48. The fraction of sp³-hybridized carbons (Fsp3) is 0.533. The molecule has 0 bridgehead atoms. The van der Waals surface area contributed by atoms with E-state index in [4.69, 9.17) is 0 Å². The molecule has 1 saturated carbocycles. The van der Waals surface area contributed by atoms with Crippen LogP contribution in [0.5, 0.6) is 0 Å². The number of hydrogen-bond donors (Lipinski definition) is 0.